The number of hydrogen-bond donors (Lipinski definition) is 1. The molecule has 8 heteroatoms. The number of ether oxygens (including phenoxy) is 2. The second-order valence-electron chi connectivity index (χ2n) is 6.29. The van der Waals surface area contributed by atoms with Gasteiger partial charge in [-0.15, -0.1) is 11.7 Å². The third-order valence-corrected chi connectivity index (χ3v) is 5.42. The Labute approximate surface area is 172 Å². The van der Waals surface area contributed by atoms with E-state index in [1.165, 1.54) is 11.8 Å². The van der Waals surface area contributed by atoms with E-state index in [2.05, 4.69) is 17.0 Å². The molecule has 0 saturated carbocycles. The van der Waals surface area contributed by atoms with E-state index in [0.29, 0.717) is 28.1 Å². The van der Waals surface area contributed by atoms with Gasteiger partial charge in [-0.2, -0.15) is 0 Å². The number of benzene rings is 2. The number of amidine groups is 1. The second-order valence-corrected chi connectivity index (χ2v) is 7.30. The van der Waals surface area contributed by atoms with Gasteiger partial charge in [-0.3, -0.25) is 15.1 Å². The maximum absolute atomic E-state index is 13.0. The van der Waals surface area contributed by atoms with E-state index in [0.717, 1.165) is 16.1 Å². The highest BCUT2D eigenvalue weighted by atomic mass is 32.2. The molecule has 2 aliphatic heterocycles. The molecule has 2 aromatic carbocycles. The van der Waals surface area contributed by atoms with Crippen LogP contribution >= 0.6 is 11.8 Å². The van der Waals surface area contributed by atoms with E-state index < -0.39 is 6.17 Å². The van der Waals surface area contributed by atoms with Gasteiger partial charge in [-0.1, -0.05) is 42.1 Å². The molecule has 29 heavy (non-hydrogen) atoms. The monoisotopic (exact) mass is 408 g/mol. The van der Waals surface area contributed by atoms with E-state index in [4.69, 9.17) is 14.5 Å². The first-order chi connectivity index (χ1) is 14.2. The molecule has 0 unspecified atom stereocenters. The number of carbonyl (C=O) groups excluding carboxylic acids is 1. The van der Waals surface area contributed by atoms with Crippen molar-refractivity contribution in [3.05, 3.63) is 71.3 Å². The molecule has 0 radical (unpaired) electrons. The van der Waals surface area contributed by atoms with Crippen LogP contribution in [0.4, 0.5) is 0 Å². The lowest BCUT2D eigenvalue weighted by molar-refractivity contribution is -0.116. The average Bonchev–Trinajstić information content (AvgIpc) is 2.76. The molecule has 0 saturated heterocycles. The number of carbonyl (C=O) groups is 1. The van der Waals surface area contributed by atoms with Crippen molar-refractivity contribution in [3.63, 3.8) is 0 Å². The van der Waals surface area contributed by atoms with E-state index >= 15 is 0 Å². The van der Waals surface area contributed by atoms with E-state index in [1.54, 1.807) is 25.3 Å². The maximum Gasteiger partial charge on any atom is 0.276 e. The SMILES string of the molecule is C=CCSC1=NN2C(=c3ccccc3=N[C@H]2c2ccc(OC)c(OC)c2)C(=O)N1. The van der Waals surface area contributed by atoms with E-state index in [1.807, 2.05) is 42.5 Å². The van der Waals surface area contributed by atoms with Gasteiger partial charge in [0.05, 0.1) is 19.6 Å². The van der Waals surface area contributed by atoms with Gasteiger partial charge in [-0.05, 0) is 18.2 Å². The highest BCUT2D eigenvalue weighted by molar-refractivity contribution is 8.14. The summed E-state index contributed by atoms with van der Waals surface area (Å²) < 4.78 is 10.8. The van der Waals surface area contributed by atoms with Crippen LogP contribution in [0.25, 0.3) is 5.70 Å². The number of amides is 1. The predicted octanol–water partition coefficient (Wildman–Crippen LogP) is 1.77. The van der Waals surface area contributed by atoms with Crippen LogP contribution in [0.1, 0.15) is 11.7 Å². The Bertz CT molecular complexity index is 1130. The molecular weight excluding hydrogens is 388 g/mol. The topological polar surface area (TPSA) is 75.5 Å². The number of thioether (sulfide) groups is 1. The Morgan fingerprint density at radius 1 is 1.21 bits per heavy atom. The molecular formula is C21H20N4O3S. The quantitative estimate of drug-likeness (QED) is 0.763. The van der Waals surface area contributed by atoms with E-state index in [-0.39, 0.29) is 5.91 Å². The lowest BCUT2D eigenvalue weighted by atomic mass is 10.1. The molecule has 2 heterocycles. The van der Waals surface area contributed by atoms with Gasteiger partial charge in [0.15, 0.2) is 22.8 Å². The molecule has 0 fully saturated rings. The van der Waals surface area contributed by atoms with Gasteiger partial charge in [-0.25, -0.2) is 5.01 Å². The maximum atomic E-state index is 13.0. The molecule has 1 atom stereocenters. The summed E-state index contributed by atoms with van der Waals surface area (Å²) in [5, 5.41) is 11.2. The van der Waals surface area contributed by atoms with Crippen molar-refractivity contribution in [1.82, 2.24) is 10.3 Å². The third-order valence-electron chi connectivity index (χ3n) is 4.56. The molecule has 2 aromatic rings. The standard InChI is InChI=1S/C21H20N4O3S/c1-4-11-29-21-23-20(26)18-14-7-5-6-8-15(14)22-19(25(18)24-21)13-9-10-16(27-2)17(12-13)28-3/h4-10,12,19H,1,11H2,2-3H3,(H,23,24,26)/t19-/m1/s1. The van der Waals surface area contributed by atoms with Crippen LogP contribution in [0, 0.1) is 0 Å². The largest absolute Gasteiger partial charge is 0.493 e. The van der Waals surface area contributed by atoms with Crippen LogP contribution in [-0.4, -0.2) is 36.1 Å². The number of fused-ring (bicyclic) bond motifs is 2. The van der Waals surface area contributed by atoms with Gasteiger partial charge < -0.3 is 9.47 Å². The van der Waals surface area contributed by atoms with Crippen LogP contribution in [0.5, 0.6) is 11.5 Å². The van der Waals surface area contributed by atoms with Crippen LogP contribution in [-0.2, 0) is 4.79 Å². The number of nitrogens with one attached hydrogen (secondary N) is 1. The zero-order chi connectivity index (χ0) is 20.4. The minimum absolute atomic E-state index is 0.209. The number of methoxy groups -OCH3 is 2. The summed E-state index contributed by atoms with van der Waals surface area (Å²) in [6.07, 6.45) is 1.25. The minimum Gasteiger partial charge on any atom is -0.493 e. The summed E-state index contributed by atoms with van der Waals surface area (Å²) in [5.74, 6) is 1.64. The smallest absolute Gasteiger partial charge is 0.276 e. The van der Waals surface area contributed by atoms with Crippen LogP contribution in [0.2, 0.25) is 0 Å². The molecule has 0 aromatic heterocycles. The van der Waals surface area contributed by atoms with Gasteiger partial charge in [0.1, 0.15) is 5.70 Å². The fraction of sp³-hybridized carbons (Fsp3) is 0.190. The van der Waals surface area contributed by atoms with Crippen molar-refractivity contribution in [2.75, 3.05) is 20.0 Å². The highest BCUT2D eigenvalue weighted by Crippen LogP contribution is 2.35. The molecule has 2 aliphatic rings. The fourth-order valence-corrected chi connectivity index (χ4v) is 3.85. The Morgan fingerprint density at radius 2 is 2.00 bits per heavy atom. The van der Waals surface area contributed by atoms with Crippen LogP contribution in [0.15, 0.2) is 65.2 Å². The fourth-order valence-electron chi connectivity index (χ4n) is 3.26. The lowest BCUT2D eigenvalue weighted by Crippen LogP contribution is -2.50. The van der Waals surface area contributed by atoms with Gasteiger partial charge in [0.2, 0.25) is 0 Å². The zero-order valence-electron chi connectivity index (χ0n) is 16.1. The normalized spacial score (nSPS) is 17.4. The third kappa shape index (κ3) is 3.47. The Hall–Kier alpha value is -3.26. The molecule has 1 amide bonds. The first-order valence-electron chi connectivity index (χ1n) is 8.98. The van der Waals surface area contributed by atoms with Crippen molar-refractivity contribution < 1.29 is 14.3 Å². The van der Waals surface area contributed by atoms with Crippen molar-refractivity contribution in [1.29, 1.82) is 0 Å². The van der Waals surface area contributed by atoms with Crippen molar-refractivity contribution in [2.24, 2.45) is 10.1 Å². The molecule has 1 N–H and O–H groups in total. The van der Waals surface area contributed by atoms with Crippen molar-refractivity contribution in [3.8, 4) is 11.5 Å². The zero-order valence-corrected chi connectivity index (χ0v) is 16.9. The molecule has 0 aliphatic carbocycles. The van der Waals surface area contributed by atoms with Crippen LogP contribution in [0.3, 0.4) is 0 Å². The van der Waals surface area contributed by atoms with Crippen LogP contribution < -0.4 is 25.4 Å². The Morgan fingerprint density at radius 3 is 2.76 bits per heavy atom. The summed E-state index contributed by atoms with van der Waals surface area (Å²) in [7, 11) is 3.18. The number of hydrogen-bond acceptors (Lipinski definition) is 7. The van der Waals surface area contributed by atoms with Crippen molar-refractivity contribution in [2.45, 2.75) is 6.17 Å². The number of hydrazone groups is 1. The molecule has 0 spiro atoms. The van der Waals surface area contributed by atoms with E-state index in [9.17, 15) is 4.79 Å². The summed E-state index contributed by atoms with van der Waals surface area (Å²) in [5.41, 5.74) is 1.31. The first-order valence-corrected chi connectivity index (χ1v) is 9.97. The first kappa shape index (κ1) is 19.1. The summed E-state index contributed by atoms with van der Waals surface area (Å²) >= 11 is 1.41. The van der Waals surface area contributed by atoms with Crippen molar-refractivity contribution >= 4 is 28.5 Å². The van der Waals surface area contributed by atoms with Gasteiger partial charge in [0.25, 0.3) is 5.91 Å². The molecule has 7 nitrogen and oxygen atoms in total. The predicted molar refractivity (Wildman–Crippen MR) is 113 cm³/mol. The van der Waals surface area contributed by atoms with Gasteiger partial charge >= 0.3 is 0 Å². The summed E-state index contributed by atoms with van der Waals surface area (Å²) in [6, 6.07) is 13.1. The average molecular weight is 408 g/mol. The summed E-state index contributed by atoms with van der Waals surface area (Å²) in [6.45, 7) is 3.72. The van der Waals surface area contributed by atoms with Gasteiger partial charge in [0, 0.05) is 16.5 Å². The second kappa shape index (κ2) is 8.00. The summed E-state index contributed by atoms with van der Waals surface area (Å²) in [4.78, 5) is 17.8. The minimum atomic E-state index is -0.509. The lowest BCUT2D eigenvalue weighted by Gasteiger charge is -2.34. The molecule has 4 rings (SSSR count). The Balaban J connectivity index is 1.89. The number of para-hydroxylation sites is 1. The Kier molecular flexibility index (Phi) is 5.26. The highest BCUT2D eigenvalue weighted by Gasteiger charge is 2.34. The number of rotatable bonds is 5. The molecule has 0 bridgehead atoms. The number of nitrogens with zero attached hydrogens (tertiary/aromatic N) is 3. The molecule has 148 valence electrons.